The van der Waals surface area contributed by atoms with Crippen LogP contribution < -0.4 is 5.32 Å². The van der Waals surface area contributed by atoms with Crippen molar-refractivity contribution in [3.8, 4) is 0 Å². The molecular weight excluding hydrogens is 230 g/mol. The van der Waals surface area contributed by atoms with E-state index in [4.69, 9.17) is 18.9 Å². The number of ether oxygens (including phenoxy) is 4. The van der Waals surface area contributed by atoms with Gasteiger partial charge in [0.15, 0.2) is 11.9 Å². The first kappa shape index (κ1) is 11.2. The summed E-state index contributed by atoms with van der Waals surface area (Å²) in [5.74, 6) is -2.11. The third-order valence-corrected chi connectivity index (χ3v) is 3.22. The second-order valence-corrected chi connectivity index (χ2v) is 4.95. The Balaban J connectivity index is 1.83. The van der Waals surface area contributed by atoms with Crippen molar-refractivity contribution in [1.29, 1.82) is 0 Å². The molecule has 2 N–H and O–H groups in total. The van der Waals surface area contributed by atoms with Crippen molar-refractivity contribution in [2.24, 2.45) is 0 Å². The standard InChI is InChI=1S/C10H15NO6/c1-9(2)15-5-3-14-10(4-11-8(13)17-10)7(12)6(5)16-9/h5-7,12H,3-4H2,1-2H3,(H,11,13)/t5-,6-,7+,10+/m1/s1. The molecule has 3 saturated heterocycles. The molecule has 0 bridgehead atoms. The van der Waals surface area contributed by atoms with Crippen molar-refractivity contribution in [3.63, 3.8) is 0 Å². The number of aliphatic hydroxyl groups is 1. The zero-order valence-corrected chi connectivity index (χ0v) is 9.63. The largest absolute Gasteiger partial charge is 0.412 e. The fourth-order valence-electron chi connectivity index (χ4n) is 2.49. The Hall–Kier alpha value is -0.890. The van der Waals surface area contributed by atoms with E-state index in [0.717, 1.165) is 0 Å². The van der Waals surface area contributed by atoms with Gasteiger partial charge in [-0.1, -0.05) is 0 Å². The smallest absolute Gasteiger partial charge is 0.410 e. The average Bonchev–Trinajstić information content (AvgIpc) is 2.75. The molecule has 3 fully saturated rings. The van der Waals surface area contributed by atoms with Gasteiger partial charge < -0.3 is 29.4 Å². The lowest BCUT2D eigenvalue weighted by molar-refractivity contribution is -0.286. The Bertz CT molecular complexity index is 359. The van der Waals surface area contributed by atoms with Crippen molar-refractivity contribution in [1.82, 2.24) is 5.32 Å². The summed E-state index contributed by atoms with van der Waals surface area (Å²) >= 11 is 0. The second-order valence-electron chi connectivity index (χ2n) is 4.95. The van der Waals surface area contributed by atoms with Gasteiger partial charge in [-0.05, 0) is 13.8 Å². The summed E-state index contributed by atoms with van der Waals surface area (Å²) in [6, 6.07) is 0. The molecule has 4 atom stereocenters. The monoisotopic (exact) mass is 245 g/mol. The van der Waals surface area contributed by atoms with E-state index in [1.54, 1.807) is 13.8 Å². The highest BCUT2D eigenvalue weighted by Crippen LogP contribution is 2.39. The van der Waals surface area contributed by atoms with Crippen LogP contribution in [-0.4, -0.2) is 54.2 Å². The highest BCUT2D eigenvalue weighted by atomic mass is 16.8. The summed E-state index contributed by atoms with van der Waals surface area (Å²) in [5.41, 5.74) is 0. The van der Waals surface area contributed by atoms with Gasteiger partial charge in [-0.15, -0.1) is 0 Å². The third kappa shape index (κ3) is 1.61. The average molecular weight is 245 g/mol. The van der Waals surface area contributed by atoms with Crippen LogP contribution in [0.1, 0.15) is 13.8 Å². The molecule has 3 rings (SSSR count). The van der Waals surface area contributed by atoms with Gasteiger partial charge in [0.05, 0.1) is 13.2 Å². The number of hydrogen-bond acceptors (Lipinski definition) is 6. The molecule has 3 heterocycles. The summed E-state index contributed by atoms with van der Waals surface area (Å²) in [5, 5.41) is 12.7. The molecule has 0 saturated carbocycles. The first-order valence-corrected chi connectivity index (χ1v) is 5.56. The molecule has 17 heavy (non-hydrogen) atoms. The minimum absolute atomic E-state index is 0.111. The minimum atomic E-state index is -1.35. The Morgan fingerprint density at radius 2 is 2.18 bits per heavy atom. The number of aliphatic hydroxyl groups excluding tert-OH is 1. The molecule has 3 aliphatic rings. The molecule has 0 unspecified atom stereocenters. The topological polar surface area (TPSA) is 86.3 Å². The maximum atomic E-state index is 11.1. The molecule has 0 aromatic rings. The minimum Gasteiger partial charge on any atom is -0.412 e. The number of carbonyl (C=O) groups is 1. The van der Waals surface area contributed by atoms with Crippen LogP contribution in [0.25, 0.3) is 0 Å². The van der Waals surface area contributed by atoms with E-state index in [1.165, 1.54) is 0 Å². The number of rotatable bonds is 0. The third-order valence-electron chi connectivity index (χ3n) is 3.22. The first-order valence-electron chi connectivity index (χ1n) is 5.56. The summed E-state index contributed by atoms with van der Waals surface area (Å²) in [4.78, 5) is 11.1. The maximum absolute atomic E-state index is 11.1. The van der Waals surface area contributed by atoms with Crippen LogP contribution in [0.5, 0.6) is 0 Å². The molecule has 7 heteroatoms. The van der Waals surface area contributed by atoms with E-state index in [9.17, 15) is 9.90 Å². The van der Waals surface area contributed by atoms with E-state index in [2.05, 4.69) is 5.32 Å². The zero-order chi connectivity index (χ0) is 12.3. The Kier molecular flexibility index (Phi) is 2.19. The van der Waals surface area contributed by atoms with Gasteiger partial charge in [0.25, 0.3) is 5.79 Å². The van der Waals surface area contributed by atoms with Gasteiger partial charge in [-0.2, -0.15) is 0 Å². The first-order chi connectivity index (χ1) is 7.92. The molecule has 1 spiro atoms. The lowest BCUT2D eigenvalue weighted by Gasteiger charge is -2.39. The number of alkyl carbamates (subject to hydrolysis) is 1. The Labute approximate surface area is 98.0 Å². The van der Waals surface area contributed by atoms with Gasteiger partial charge in [0.2, 0.25) is 0 Å². The van der Waals surface area contributed by atoms with Crippen LogP contribution in [0, 0.1) is 0 Å². The van der Waals surface area contributed by atoms with Crippen LogP contribution in [0.3, 0.4) is 0 Å². The molecule has 7 nitrogen and oxygen atoms in total. The maximum Gasteiger partial charge on any atom is 0.410 e. The molecule has 0 aliphatic carbocycles. The quantitative estimate of drug-likeness (QED) is 0.589. The van der Waals surface area contributed by atoms with E-state index >= 15 is 0 Å². The van der Waals surface area contributed by atoms with Crippen LogP contribution >= 0.6 is 0 Å². The molecule has 96 valence electrons. The molecule has 1 amide bonds. The highest BCUT2D eigenvalue weighted by molar-refractivity contribution is 5.70. The summed E-state index contributed by atoms with van der Waals surface area (Å²) < 4.78 is 21.7. The second kappa shape index (κ2) is 3.32. The SMILES string of the molecule is CC1(C)O[C@@H]2[C@@H](CO[C@]3(CNC(=O)O3)[C@H]2O)O1. The van der Waals surface area contributed by atoms with Gasteiger partial charge in [0, 0.05) is 0 Å². The number of nitrogens with one attached hydrogen (secondary N) is 1. The summed E-state index contributed by atoms with van der Waals surface area (Å²) in [7, 11) is 0. The number of fused-ring (bicyclic) bond motifs is 1. The normalized spacial score (nSPS) is 47.7. The summed E-state index contributed by atoms with van der Waals surface area (Å²) in [6.45, 7) is 3.87. The molecular formula is C10H15NO6. The van der Waals surface area contributed by atoms with Crippen molar-refractivity contribution < 1.29 is 28.8 Å². The molecule has 0 radical (unpaired) electrons. The lowest BCUT2D eigenvalue weighted by atomic mass is 9.97. The van der Waals surface area contributed by atoms with Crippen molar-refractivity contribution in [2.75, 3.05) is 13.2 Å². The van der Waals surface area contributed by atoms with Crippen LogP contribution in [0.2, 0.25) is 0 Å². The van der Waals surface area contributed by atoms with Crippen LogP contribution in [0.4, 0.5) is 4.79 Å². The number of carbonyl (C=O) groups excluding carboxylic acids is 1. The summed E-state index contributed by atoms with van der Waals surface area (Å²) in [6.07, 6.45) is -2.56. The molecule has 3 aliphatic heterocycles. The lowest BCUT2D eigenvalue weighted by Crippen LogP contribution is -2.61. The van der Waals surface area contributed by atoms with E-state index in [-0.39, 0.29) is 19.3 Å². The van der Waals surface area contributed by atoms with Crippen LogP contribution in [-0.2, 0) is 18.9 Å². The fraction of sp³-hybridized carbons (Fsp3) is 0.900. The van der Waals surface area contributed by atoms with Crippen molar-refractivity contribution >= 4 is 6.09 Å². The van der Waals surface area contributed by atoms with Gasteiger partial charge >= 0.3 is 6.09 Å². The van der Waals surface area contributed by atoms with Gasteiger partial charge in [-0.3, -0.25) is 0 Å². The Morgan fingerprint density at radius 3 is 2.82 bits per heavy atom. The number of hydrogen-bond donors (Lipinski definition) is 2. The van der Waals surface area contributed by atoms with E-state index < -0.39 is 29.9 Å². The fourth-order valence-corrected chi connectivity index (χ4v) is 2.49. The van der Waals surface area contributed by atoms with Gasteiger partial charge in [0.1, 0.15) is 12.2 Å². The van der Waals surface area contributed by atoms with E-state index in [1.807, 2.05) is 0 Å². The van der Waals surface area contributed by atoms with Crippen molar-refractivity contribution in [3.05, 3.63) is 0 Å². The predicted molar refractivity (Wildman–Crippen MR) is 53.0 cm³/mol. The molecule has 0 aromatic carbocycles. The highest BCUT2D eigenvalue weighted by Gasteiger charge is 2.61. The van der Waals surface area contributed by atoms with Gasteiger partial charge in [-0.25, -0.2) is 4.79 Å². The zero-order valence-electron chi connectivity index (χ0n) is 9.63. The molecule has 0 aromatic heterocycles. The van der Waals surface area contributed by atoms with Crippen molar-refractivity contribution in [2.45, 2.75) is 43.7 Å². The van der Waals surface area contributed by atoms with Crippen LogP contribution in [0.15, 0.2) is 0 Å². The Morgan fingerprint density at radius 1 is 1.41 bits per heavy atom. The van der Waals surface area contributed by atoms with E-state index in [0.29, 0.717) is 0 Å². The predicted octanol–water partition coefficient (Wildman–Crippen LogP) is -0.666. The number of amides is 1.